The quantitative estimate of drug-likeness (QED) is 0.723. The number of carbonyl (C=O) groups excluding carboxylic acids is 1. The van der Waals surface area contributed by atoms with Crippen LogP contribution in [0.5, 0.6) is 0 Å². The standard InChI is InChI=1S/C18H22F2N6O4S/c1-10-7-25-15(14(6-22-25)26-11(2)16(27)9-31(26,29)30)8-24(10)18(28)23-12-3-4-21-13(5-12)17(19)20/h3-6,10-11,16-17,27H,7-9H2,1-2H3,(H,21,23,28). The van der Waals surface area contributed by atoms with Crippen LogP contribution in [-0.4, -0.2) is 63.2 Å². The SMILES string of the molecule is CC1Cn2ncc(N3C(C)C(O)CS3(=O)=O)c2CN1C(=O)Nc1ccnc(C(F)F)c1. The number of nitrogens with one attached hydrogen (secondary N) is 1. The van der Waals surface area contributed by atoms with E-state index < -0.39 is 40.3 Å². The van der Waals surface area contributed by atoms with Gasteiger partial charge >= 0.3 is 6.03 Å². The first-order chi connectivity index (χ1) is 14.6. The number of alkyl halides is 2. The van der Waals surface area contributed by atoms with Crippen LogP contribution in [-0.2, 0) is 23.1 Å². The molecule has 1 saturated heterocycles. The number of nitrogens with zero attached hydrogens (tertiary/aromatic N) is 5. The number of pyridine rings is 1. The zero-order chi connectivity index (χ0) is 22.5. The molecule has 2 N–H and O–H groups in total. The summed E-state index contributed by atoms with van der Waals surface area (Å²) in [6, 6.07) is 1.05. The minimum atomic E-state index is -3.72. The number of rotatable bonds is 3. The first kappa shape index (κ1) is 21.4. The Kier molecular flexibility index (Phi) is 5.33. The van der Waals surface area contributed by atoms with Crippen LogP contribution in [0.25, 0.3) is 0 Å². The van der Waals surface area contributed by atoms with Crippen molar-refractivity contribution in [1.82, 2.24) is 19.7 Å². The molecule has 2 aliphatic rings. The van der Waals surface area contributed by atoms with Gasteiger partial charge in [-0.2, -0.15) is 5.10 Å². The molecule has 3 unspecified atom stereocenters. The number of hydrogen-bond acceptors (Lipinski definition) is 6. The lowest BCUT2D eigenvalue weighted by Crippen LogP contribution is -2.47. The number of amides is 2. The molecule has 1 fully saturated rings. The third-order valence-electron chi connectivity index (χ3n) is 5.58. The van der Waals surface area contributed by atoms with Gasteiger partial charge in [-0.25, -0.2) is 22.0 Å². The highest BCUT2D eigenvalue weighted by Gasteiger charge is 2.44. The Hall–Kier alpha value is -2.80. The number of fused-ring (bicyclic) bond motifs is 1. The summed E-state index contributed by atoms with van der Waals surface area (Å²) in [4.78, 5) is 17.9. The molecule has 3 atom stereocenters. The maximum atomic E-state index is 12.9. The Labute approximate surface area is 177 Å². The van der Waals surface area contributed by atoms with Crippen LogP contribution in [0.4, 0.5) is 25.0 Å². The summed E-state index contributed by atoms with van der Waals surface area (Å²) >= 11 is 0. The van der Waals surface area contributed by atoms with Gasteiger partial charge in [0.25, 0.3) is 6.43 Å². The smallest absolute Gasteiger partial charge is 0.322 e. The number of anilines is 2. The van der Waals surface area contributed by atoms with Gasteiger partial charge in [-0.15, -0.1) is 0 Å². The Morgan fingerprint density at radius 1 is 1.35 bits per heavy atom. The van der Waals surface area contributed by atoms with E-state index in [2.05, 4.69) is 15.4 Å². The first-order valence-electron chi connectivity index (χ1n) is 9.65. The average Bonchev–Trinajstić information content (AvgIpc) is 3.17. The first-order valence-corrected chi connectivity index (χ1v) is 11.3. The third kappa shape index (κ3) is 3.82. The molecule has 2 aromatic rings. The minimum Gasteiger partial charge on any atom is -0.390 e. The van der Waals surface area contributed by atoms with Crippen molar-refractivity contribution >= 4 is 27.4 Å². The second-order valence-electron chi connectivity index (χ2n) is 7.72. The number of halogens is 2. The average molecular weight is 456 g/mol. The molecule has 0 aliphatic carbocycles. The van der Waals surface area contributed by atoms with Crippen LogP contribution in [0, 0.1) is 0 Å². The molecular weight excluding hydrogens is 434 g/mol. The van der Waals surface area contributed by atoms with Crippen LogP contribution in [0.2, 0.25) is 0 Å². The molecule has 168 valence electrons. The van der Waals surface area contributed by atoms with E-state index in [-0.39, 0.29) is 24.0 Å². The molecule has 2 amide bonds. The predicted molar refractivity (Wildman–Crippen MR) is 107 cm³/mol. The van der Waals surface area contributed by atoms with Gasteiger partial charge in [0.15, 0.2) is 0 Å². The van der Waals surface area contributed by atoms with Crippen molar-refractivity contribution in [2.45, 2.75) is 51.6 Å². The van der Waals surface area contributed by atoms with Crippen LogP contribution < -0.4 is 9.62 Å². The van der Waals surface area contributed by atoms with Crippen molar-refractivity contribution in [3.8, 4) is 0 Å². The van der Waals surface area contributed by atoms with Crippen LogP contribution in [0.15, 0.2) is 24.5 Å². The second-order valence-corrected chi connectivity index (χ2v) is 9.61. The molecule has 13 heteroatoms. The summed E-state index contributed by atoms with van der Waals surface area (Å²) in [6.07, 6.45) is -1.18. The molecule has 2 aliphatic heterocycles. The van der Waals surface area contributed by atoms with Gasteiger partial charge in [0.1, 0.15) is 5.69 Å². The van der Waals surface area contributed by atoms with Crippen LogP contribution in [0.1, 0.15) is 31.7 Å². The lowest BCUT2D eigenvalue weighted by molar-refractivity contribution is 0.146. The minimum absolute atomic E-state index is 0.0595. The van der Waals surface area contributed by atoms with Crippen molar-refractivity contribution in [2.75, 3.05) is 15.4 Å². The number of urea groups is 1. The summed E-state index contributed by atoms with van der Waals surface area (Å²) in [5.74, 6) is -0.381. The lowest BCUT2D eigenvalue weighted by atomic mass is 10.1. The van der Waals surface area contributed by atoms with E-state index in [9.17, 15) is 27.1 Å². The highest BCUT2D eigenvalue weighted by Crippen LogP contribution is 2.34. The fourth-order valence-electron chi connectivity index (χ4n) is 3.90. The molecule has 10 nitrogen and oxygen atoms in total. The highest BCUT2D eigenvalue weighted by molar-refractivity contribution is 7.93. The van der Waals surface area contributed by atoms with Gasteiger partial charge in [0.2, 0.25) is 10.0 Å². The Balaban J connectivity index is 1.59. The Bertz CT molecular complexity index is 1110. The zero-order valence-corrected chi connectivity index (χ0v) is 17.6. The third-order valence-corrected chi connectivity index (χ3v) is 7.47. The molecule has 0 aromatic carbocycles. The van der Waals surface area contributed by atoms with Gasteiger partial charge in [0.05, 0.1) is 54.6 Å². The number of aliphatic hydroxyl groups is 1. The van der Waals surface area contributed by atoms with Gasteiger partial charge < -0.3 is 15.3 Å². The summed E-state index contributed by atoms with van der Waals surface area (Å²) < 4.78 is 53.6. The molecule has 31 heavy (non-hydrogen) atoms. The van der Waals surface area contributed by atoms with Crippen molar-refractivity contribution in [3.63, 3.8) is 0 Å². The molecule has 0 bridgehead atoms. The van der Waals surface area contributed by atoms with E-state index in [1.54, 1.807) is 18.5 Å². The van der Waals surface area contributed by atoms with Gasteiger partial charge in [-0.1, -0.05) is 0 Å². The van der Waals surface area contributed by atoms with E-state index in [0.717, 1.165) is 10.4 Å². The lowest BCUT2D eigenvalue weighted by Gasteiger charge is -2.35. The monoisotopic (exact) mass is 456 g/mol. The summed E-state index contributed by atoms with van der Waals surface area (Å²) in [7, 11) is -3.72. The van der Waals surface area contributed by atoms with Crippen molar-refractivity contribution in [2.24, 2.45) is 0 Å². The van der Waals surface area contributed by atoms with Gasteiger partial charge in [0, 0.05) is 11.9 Å². The molecule has 4 heterocycles. The Morgan fingerprint density at radius 2 is 2.10 bits per heavy atom. The molecule has 0 radical (unpaired) electrons. The van der Waals surface area contributed by atoms with Crippen LogP contribution in [0.3, 0.4) is 0 Å². The number of hydrogen-bond donors (Lipinski definition) is 2. The normalized spacial score (nSPS) is 25.0. The molecule has 0 saturated carbocycles. The number of aromatic nitrogens is 3. The van der Waals surface area contributed by atoms with Crippen LogP contribution >= 0.6 is 0 Å². The highest BCUT2D eigenvalue weighted by atomic mass is 32.2. The summed E-state index contributed by atoms with van der Waals surface area (Å²) in [6.45, 7) is 3.80. The van der Waals surface area contributed by atoms with E-state index in [1.807, 2.05) is 0 Å². The zero-order valence-electron chi connectivity index (χ0n) is 16.8. The van der Waals surface area contributed by atoms with Gasteiger partial charge in [-0.3, -0.25) is 14.0 Å². The van der Waals surface area contributed by atoms with Crippen molar-refractivity contribution in [1.29, 1.82) is 0 Å². The fourth-order valence-corrected chi connectivity index (χ4v) is 5.87. The number of sulfonamides is 1. The van der Waals surface area contributed by atoms with Gasteiger partial charge in [-0.05, 0) is 26.0 Å². The molecular formula is C18H22F2N6O4S. The molecule has 4 rings (SSSR count). The van der Waals surface area contributed by atoms with Crippen molar-refractivity contribution in [3.05, 3.63) is 35.9 Å². The van der Waals surface area contributed by atoms with E-state index in [1.165, 1.54) is 23.4 Å². The second kappa shape index (κ2) is 7.71. The molecule has 0 spiro atoms. The number of carbonyl (C=O) groups is 1. The number of aliphatic hydroxyl groups excluding tert-OH is 1. The predicted octanol–water partition coefficient (Wildman–Crippen LogP) is 1.55. The maximum absolute atomic E-state index is 12.9. The largest absolute Gasteiger partial charge is 0.390 e. The Morgan fingerprint density at radius 3 is 2.74 bits per heavy atom. The topological polar surface area (TPSA) is 121 Å². The summed E-state index contributed by atoms with van der Waals surface area (Å²) in [5.41, 5.74) is 0.565. The maximum Gasteiger partial charge on any atom is 0.322 e. The van der Waals surface area contributed by atoms with E-state index in [4.69, 9.17) is 0 Å². The fraction of sp³-hybridized carbons (Fsp3) is 0.500. The molecule has 2 aromatic heterocycles. The van der Waals surface area contributed by atoms with E-state index >= 15 is 0 Å². The summed E-state index contributed by atoms with van der Waals surface area (Å²) in [5, 5.41) is 16.9. The van der Waals surface area contributed by atoms with Crippen molar-refractivity contribution < 1.29 is 27.1 Å². The van der Waals surface area contributed by atoms with E-state index in [0.29, 0.717) is 17.9 Å².